The molecule has 3 aliphatic rings. The average molecular weight is 613 g/mol. The Morgan fingerprint density at radius 2 is 1.69 bits per heavy atom. The van der Waals surface area contributed by atoms with E-state index in [9.17, 15) is 19.2 Å². The van der Waals surface area contributed by atoms with Crippen LogP contribution in [0.25, 0.3) is 11.1 Å². The number of rotatable bonds is 1. The van der Waals surface area contributed by atoms with Gasteiger partial charge < -0.3 is 30.3 Å². The lowest BCUT2D eigenvalue weighted by Gasteiger charge is -2.30. The minimum absolute atomic E-state index is 0.106. The molecule has 3 aromatic carbocycles. The van der Waals surface area contributed by atoms with Gasteiger partial charge in [-0.2, -0.15) is 0 Å². The molecule has 0 saturated heterocycles. The van der Waals surface area contributed by atoms with Gasteiger partial charge in [0.25, 0.3) is 5.91 Å². The van der Waals surface area contributed by atoms with Crippen molar-refractivity contribution in [2.45, 2.75) is 64.3 Å². The summed E-state index contributed by atoms with van der Waals surface area (Å²) in [6.45, 7) is 5.81. The smallest absolute Gasteiger partial charge is 0.325 e. The van der Waals surface area contributed by atoms with Gasteiger partial charge in [-0.3, -0.25) is 19.2 Å². The van der Waals surface area contributed by atoms with Gasteiger partial charge in [0.2, 0.25) is 11.8 Å². The molecule has 3 amide bonds. The molecule has 0 aromatic heterocycles. The molecule has 0 radical (unpaired) electrons. The highest BCUT2D eigenvalue weighted by molar-refractivity contribution is 6.02. The molecule has 45 heavy (non-hydrogen) atoms. The van der Waals surface area contributed by atoms with E-state index in [-0.39, 0.29) is 30.7 Å². The van der Waals surface area contributed by atoms with Crippen LogP contribution < -0.4 is 25.6 Å². The van der Waals surface area contributed by atoms with Gasteiger partial charge in [0.05, 0.1) is 13.7 Å². The number of hydrogen-bond acceptors (Lipinski definition) is 7. The molecule has 3 aliphatic heterocycles. The van der Waals surface area contributed by atoms with Crippen LogP contribution in [0.15, 0.2) is 66.7 Å². The minimum atomic E-state index is -0.714. The number of ether oxygens (including phenoxy) is 2. The Morgan fingerprint density at radius 1 is 0.956 bits per heavy atom. The van der Waals surface area contributed by atoms with Crippen molar-refractivity contribution in [2.75, 3.05) is 25.1 Å². The summed E-state index contributed by atoms with van der Waals surface area (Å²) in [6, 6.07) is 19.8. The van der Waals surface area contributed by atoms with Crippen LogP contribution in [-0.2, 0) is 32.1 Å². The van der Waals surface area contributed by atoms with Gasteiger partial charge >= 0.3 is 5.97 Å². The van der Waals surface area contributed by atoms with Crippen molar-refractivity contribution in [1.82, 2.24) is 16.0 Å². The number of fused-ring (bicyclic) bond motifs is 14. The Kier molecular flexibility index (Phi) is 9.53. The maximum Gasteiger partial charge on any atom is 0.325 e. The van der Waals surface area contributed by atoms with Crippen molar-refractivity contribution in [1.29, 1.82) is 0 Å². The van der Waals surface area contributed by atoms with Gasteiger partial charge in [0, 0.05) is 29.8 Å². The van der Waals surface area contributed by atoms with Crippen molar-refractivity contribution in [3.63, 3.8) is 0 Å². The van der Waals surface area contributed by atoms with E-state index in [2.05, 4.69) is 16.0 Å². The molecule has 0 fully saturated rings. The van der Waals surface area contributed by atoms with Crippen LogP contribution in [0.4, 0.5) is 5.69 Å². The fourth-order valence-electron chi connectivity index (χ4n) is 5.77. The standard InChI is InChI=1S/C35H40N4O6/c1-22-19-37-35(2,3)18-31(40)38-29-15-13-25-17-26(44-4)14-16-30(25)39(34(29)43)21-23-9-11-24(12-10-23)27-7-5-6-8-28(27)33(42)36-20-32(41)45-22/h5-12,14,16-17,22,29,37H,13,15,18-21H2,1-4H3,(H,36,42)(H,38,40)/t22-,29-/m1/s1. The number of carbonyl (C=O) groups excluding carboxylic acids is 4. The predicted molar refractivity (Wildman–Crippen MR) is 171 cm³/mol. The molecule has 10 nitrogen and oxygen atoms in total. The van der Waals surface area contributed by atoms with Crippen molar-refractivity contribution < 1.29 is 28.7 Å². The highest BCUT2D eigenvalue weighted by atomic mass is 16.5. The molecule has 3 N–H and O–H groups in total. The molecule has 2 atom stereocenters. The lowest BCUT2D eigenvalue weighted by Crippen LogP contribution is -2.51. The van der Waals surface area contributed by atoms with Crippen LogP contribution in [0, 0.1) is 0 Å². The average Bonchev–Trinajstić information content (AvgIpc) is 3.14. The number of aryl methyl sites for hydroxylation is 1. The topological polar surface area (TPSA) is 126 Å². The first-order chi connectivity index (χ1) is 21.5. The zero-order valence-corrected chi connectivity index (χ0v) is 26.1. The summed E-state index contributed by atoms with van der Waals surface area (Å²) in [5.74, 6) is -0.696. The van der Waals surface area contributed by atoms with E-state index < -0.39 is 23.7 Å². The lowest BCUT2D eigenvalue weighted by molar-refractivity contribution is -0.147. The molecule has 0 spiro atoms. The van der Waals surface area contributed by atoms with Crippen LogP contribution in [0.1, 0.15) is 55.1 Å². The Bertz CT molecular complexity index is 1590. The quantitative estimate of drug-likeness (QED) is 0.282. The summed E-state index contributed by atoms with van der Waals surface area (Å²) >= 11 is 0. The third kappa shape index (κ3) is 7.69. The number of methoxy groups -OCH3 is 1. The number of amides is 3. The number of anilines is 1. The monoisotopic (exact) mass is 612 g/mol. The normalized spacial score (nSPS) is 21.1. The molecule has 3 aromatic rings. The first-order valence-electron chi connectivity index (χ1n) is 15.2. The molecular weight excluding hydrogens is 572 g/mol. The van der Waals surface area contributed by atoms with Crippen LogP contribution in [0.2, 0.25) is 0 Å². The van der Waals surface area contributed by atoms with E-state index in [4.69, 9.17) is 9.47 Å². The SMILES string of the molecule is COc1ccc2c(c1)CC[C@H]1NC(=O)CC(C)(C)NC[C@@H](C)OC(=O)CNC(=O)c3ccccc3-c3ccc(cc3)CN2C1=O. The van der Waals surface area contributed by atoms with E-state index in [1.54, 1.807) is 31.1 Å². The van der Waals surface area contributed by atoms with Crippen LogP contribution in [0.5, 0.6) is 5.75 Å². The number of nitrogens with zero attached hydrogens (tertiary/aromatic N) is 1. The fraction of sp³-hybridized carbons (Fsp3) is 0.371. The van der Waals surface area contributed by atoms with Crippen molar-refractivity contribution in [3.05, 3.63) is 83.4 Å². The molecule has 0 aliphatic carbocycles. The summed E-state index contributed by atoms with van der Waals surface area (Å²) < 4.78 is 10.9. The van der Waals surface area contributed by atoms with Gasteiger partial charge in [-0.05, 0) is 80.1 Å². The Balaban J connectivity index is 1.50. The Labute approximate surface area is 263 Å². The summed E-state index contributed by atoms with van der Waals surface area (Å²) in [7, 11) is 1.61. The second-order valence-corrected chi connectivity index (χ2v) is 12.2. The van der Waals surface area contributed by atoms with Crippen LogP contribution >= 0.6 is 0 Å². The van der Waals surface area contributed by atoms with E-state index in [1.165, 1.54) is 0 Å². The Hall–Kier alpha value is -4.70. The maximum absolute atomic E-state index is 14.1. The highest BCUT2D eigenvalue weighted by Gasteiger charge is 2.33. The molecule has 0 unspecified atom stereocenters. The number of nitrogens with one attached hydrogen (secondary N) is 3. The first kappa shape index (κ1) is 31.7. The minimum Gasteiger partial charge on any atom is -0.497 e. The molecule has 3 heterocycles. The largest absolute Gasteiger partial charge is 0.497 e. The number of esters is 1. The second-order valence-electron chi connectivity index (χ2n) is 12.2. The molecule has 4 bridgehead atoms. The third-order valence-electron chi connectivity index (χ3n) is 8.15. The van der Waals surface area contributed by atoms with Gasteiger partial charge in [-0.1, -0.05) is 42.5 Å². The predicted octanol–water partition coefficient (Wildman–Crippen LogP) is 3.76. The van der Waals surface area contributed by atoms with Gasteiger partial charge in [-0.15, -0.1) is 0 Å². The zero-order valence-electron chi connectivity index (χ0n) is 26.1. The van der Waals surface area contributed by atoms with E-state index >= 15 is 0 Å². The van der Waals surface area contributed by atoms with Gasteiger partial charge in [0.15, 0.2) is 0 Å². The summed E-state index contributed by atoms with van der Waals surface area (Å²) in [6.07, 6.45) is 0.629. The molecule has 0 saturated carbocycles. The van der Waals surface area contributed by atoms with Gasteiger partial charge in [0.1, 0.15) is 24.4 Å². The zero-order chi connectivity index (χ0) is 32.1. The molecule has 6 rings (SSSR count). The lowest BCUT2D eigenvalue weighted by atomic mass is 9.98. The van der Waals surface area contributed by atoms with Crippen molar-refractivity contribution in [3.8, 4) is 16.9 Å². The molecule has 10 heteroatoms. The van der Waals surface area contributed by atoms with E-state index in [1.807, 2.05) is 68.4 Å². The first-order valence-corrected chi connectivity index (χ1v) is 15.2. The highest BCUT2D eigenvalue weighted by Crippen LogP contribution is 2.32. The van der Waals surface area contributed by atoms with E-state index in [0.29, 0.717) is 42.8 Å². The van der Waals surface area contributed by atoms with Crippen molar-refractivity contribution >= 4 is 29.4 Å². The fourth-order valence-corrected chi connectivity index (χ4v) is 5.77. The van der Waals surface area contributed by atoms with E-state index in [0.717, 1.165) is 22.4 Å². The Morgan fingerprint density at radius 3 is 2.42 bits per heavy atom. The number of hydrogen-bond donors (Lipinski definition) is 3. The molecular formula is C35H40N4O6. The summed E-state index contributed by atoms with van der Waals surface area (Å²) in [5.41, 5.74) is 3.94. The number of benzene rings is 3. The van der Waals surface area contributed by atoms with Crippen molar-refractivity contribution in [2.24, 2.45) is 0 Å². The number of carbonyl (C=O) groups is 4. The van der Waals surface area contributed by atoms with Gasteiger partial charge in [-0.25, -0.2) is 0 Å². The summed E-state index contributed by atoms with van der Waals surface area (Å²) in [4.78, 5) is 54.7. The second kappa shape index (κ2) is 13.5. The van der Waals surface area contributed by atoms with Crippen LogP contribution in [-0.4, -0.2) is 61.6 Å². The third-order valence-corrected chi connectivity index (χ3v) is 8.15. The van der Waals surface area contributed by atoms with Crippen LogP contribution in [0.3, 0.4) is 0 Å². The molecule has 236 valence electrons. The summed E-state index contributed by atoms with van der Waals surface area (Å²) in [5, 5.41) is 8.95. The maximum atomic E-state index is 14.1.